The zero-order valence-corrected chi connectivity index (χ0v) is 8.92. The van der Waals surface area contributed by atoms with Crippen molar-refractivity contribution in [3.63, 3.8) is 0 Å². The van der Waals surface area contributed by atoms with Gasteiger partial charge in [-0.15, -0.1) is 0 Å². The number of fused-ring (bicyclic) bond motifs is 1. The van der Waals surface area contributed by atoms with E-state index in [2.05, 4.69) is 30.0 Å². The van der Waals surface area contributed by atoms with Gasteiger partial charge >= 0.3 is 0 Å². The SMILES string of the molecule is COCCN1CCc2ccc(C)cc21. The van der Waals surface area contributed by atoms with Crippen LogP contribution in [0.25, 0.3) is 0 Å². The fraction of sp³-hybridized carbons (Fsp3) is 0.500. The van der Waals surface area contributed by atoms with Crippen LogP contribution in [0, 0.1) is 6.92 Å². The fourth-order valence-electron chi connectivity index (χ4n) is 1.99. The molecule has 0 fully saturated rings. The lowest BCUT2D eigenvalue weighted by molar-refractivity contribution is 0.205. The third-order valence-electron chi connectivity index (χ3n) is 2.80. The Labute approximate surface area is 85.5 Å². The van der Waals surface area contributed by atoms with E-state index in [1.54, 1.807) is 7.11 Å². The molecule has 1 aliphatic rings. The number of anilines is 1. The minimum absolute atomic E-state index is 0.813. The van der Waals surface area contributed by atoms with Gasteiger partial charge in [0.1, 0.15) is 0 Å². The molecular formula is C12H17NO. The molecule has 0 aromatic heterocycles. The third-order valence-corrected chi connectivity index (χ3v) is 2.80. The molecule has 1 aromatic rings. The van der Waals surface area contributed by atoms with Crippen LogP contribution in [0.4, 0.5) is 5.69 Å². The van der Waals surface area contributed by atoms with Crippen LogP contribution in [0.2, 0.25) is 0 Å². The number of benzene rings is 1. The van der Waals surface area contributed by atoms with Gasteiger partial charge in [0.25, 0.3) is 0 Å². The number of methoxy groups -OCH3 is 1. The maximum atomic E-state index is 5.11. The second-order valence-corrected chi connectivity index (χ2v) is 3.86. The smallest absolute Gasteiger partial charge is 0.0637 e. The molecule has 2 nitrogen and oxygen atoms in total. The number of aryl methyl sites for hydroxylation is 1. The van der Waals surface area contributed by atoms with Crippen molar-refractivity contribution in [3.8, 4) is 0 Å². The molecule has 76 valence electrons. The molecule has 2 rings (SSSR count). The van der Waals surface area contributed by atoms with Crippen molar-refractivity contribution in [2.24, 2.45) is 0 Å². The van der Waals surface area contributed by atoms with Crippen LogP contribution >= 0.6 is 0 Å². The van der Waals surface area contributed by atoms with Gasteiger partial charge < -0.3 is 9.64 Å². The molecule has 14 heavy (non-hydrogen) atoms. The first-order valence-corrected chi connectivity index (χ1v) is 5.14. The minimum Gasteiger partial charge on any atom is -0.383 e. The molecule has 1 aromatic carbocycles. The van der Waals surface area contributed by atoms with Gasteiger partial charge in [0.15, 0.2) is 0 Å². The van der Waals surface area contributed by atoms with E-state index >= 15 is 0 Å². The Bertz CT molecular complexity index is 322. The van der Waals surface area contributed by atoms with Gasteiger partial charge in [-0.25, -0.2) is 0 Å². The molecule has 0 atom stereocenters. The standard InChI is InChI=1S/C12H17NO/c1-10-3-4-11-5-6-13(7-8-14-2)12(11)9-10/h3-4,9H,5-8H2,1-2H3. The summed E-state index contributed by atoms with van der Waals surface area (Å²) in [5.74, 6) is 0. The summed E-state index contributed by atoms with van der Waals surface area (Å²) in [4.78, 5) is 2.41. The Morgan fingerprint density at radius 3 is 3.07 bits per heavy atom. The highest BCUT2D eigenvalue weighted by Crippen LogP contribution is 2.28. The van der Waals surface area contributed by atoms with Crippen LogP contribution in [0.5, 0.6) is 0 Å². The zero-order chi connectivity index (χ0) is 9.97. The molecule has 0 bridgehead atoms. The Kier molecular flexibility index (Phi) is 2.73. The summed E-state index contributed by atoms with van der Waals surface area (Å²) in [5, 5.41) is 0. The van der Waals surface area contributed by atoms with Crippen LogP contribution in [-0.4, -0.2) is 26.8 Å². The molecule has 1 aliphatic heterocycles. The predicted molar refractivity (Wildman–Crippen MR) is 59.0 cm³/mol. The lowest BCUT2D eigenvalue weighted by Crippen LogP contribution is -2.24. The van der Waals surface area contributed by atoms with Crippen molar-refractivity contribution >= 4 is 5.69 Å². The first-order chi connectivity index (χ1) is 6.81. The van der Waals surface area contributed by atoms with Crippen molar-refractivity contribution in [3.05, 3.63) is 29.3 Å². The lowest BCUT2D eigenvalue weighted by atomic mass is 10.1. The molecule has 0 unspecified atom stereocenters. The number of hydrogen-bond donors (Lipinski definition) is 0. The summed E-state index contributed by atoms with van der Waals surface area (Å²) in [6.07, 6.45) is 1.18. The van der Waals surface area contributed by atoms with Crippen LogP contribution in [0.3, 0.4) is 0 Å². The Morgan fingerprint density at radius 2 is 2.29 bits per heavy atom. The van der Waals surface area contributed by atoms with E-state index in [-0.39, 0.29) is 0 Å². The van der Waals surface area contributed by atoms with Crippen molar-refractivity contribution in [2.45, 2.75) is 13.3 Å². The number of rotatable bonds is 3. The molecule has 0 spiro atoms. The van der Waals surface area contributed by atoms with E-state index in [0.29, 0.717) is 0 Å². The third kappa shape index (κ3) is 1.75. The van der Waals surface area contributed by atoms with E-state index in [1.165, 1.54) is 23.2 Å². The topological polar surface area (TPSA) is 12.5 Å². The molecule has 0 N–H and O–H groups in total. The van der Waals surface area contributed by atoms with E-state index in [4.69, 9.17) is 4.74 Å². The van der Waals surface area contributed by atoms with Gasteiger partial charge in [0.2, 0.25) is 0 Å². The van der Waals surface area contributed by atoms with Gasteiger partial charge in [-0.3, -0.25) is 0 Å². The molecule has 0 saturated carbocycles. The van der Waals surface area contributed by atoms with Gasteiger partial charge in [-0.1, -0.05) is 12.1 Å². The average molecular weight is 191 g/mol. The van der Waals surface area contributed by atoms with Crippen molar-refractivity contribution in [1.82, 2.24) is 0 Å². The maximum absolute atomic E-state index is 5.11. The second-order valence-electron chi connectivity index (χ2n) is 3.86. The maximum Gasteiger partial charge on any atom is 0.0637 e. The molecule has 1 heterocycles. The van der Waals surface area contributed by atoms with E-state index in [1.807, 2.05) is 0 Å². The van der Waals surface area contributed by atoms with Crippen LogP contribution in [-0.2, 0) is 11.2 Å². The predicted octanol–water partition coefficient (Wildman–Crippen LogP) is 2.00. The highest BCUT2D eigenvalue weighted by Gasteiger charge is 2.17. The highest BCUT2D eigenvalue weighted by atomic mass is 16.5. The van der Waals surface area contributed by atoms with Crippen LogP contribution in [0.15, 0.2) is 18.2 Å². The van der Waals surface area contributed by atoms with Crippen LogP contribution < -0.4 is 4.90 Å². The number of ether oxygens (including phenoxy) is 1. The molecule has 0 aliphatic carbocycles. The summed E-state index contributed by atoms with van der Waals surface area (Å²) in [6.45, 7) is 5.11. The van der Waals surface area contributed by atoms with Crippen molar-refractivity contribution in [2.75, 3.05) is 31.7 Å². The summed E-state index contributed by atoms with van der Waals surface area (Å²) < 4.78 is 5.11. The summed E-state index contributed by atoms with van der Waals surface area (Å²) in [6, 6.07) is 6.72. The van der Waals surface area contributed by atoms with Gasteiger partial charge in [0.05, 0.1) is 6.61 Å². The van der Waals surface area contributed by atoms with Crippen LogP contribution in [0.1, 0.15) is 11.1 Å². The molecular weight excluding hydrogens is 174 g/mol. The summed E-state index contributed by atoms with van der Waals surface area (Å²) in [7, 11) is 1.76. The fourth-order valence-corrected chi connectivity index (χ4v) is 1.99. The van der Waals surface area contributed by atoms with Crippen molar-refractivity contribution in [1.29, 1.82) is 0 Å². The van der Waals surface area contributed by atoms with Gasteiger partial charge in [-0.2, -0.15) is 0 Å². The van der Waals surface area contributed by atoms with E-state index in [0.717, 1.165) is 19.7 Å². The quantitative estimate of drug-likeness (QED) is 0.724. The minimum atomic E-state index is 0.813. The summed E-state index contributed by atoms with van der Waals surface area (Å²) >= 11 is 0. The van der Waals surface area contributed by atoms with Crippen molar-refractivity contribution < 1.29 is 4.74 Å². The Hall–Kier alpha value is -1.02. The van der Waals surface area contributed by atoms with E-state index in [9.17, 15) is 0 Å². The normalized spacial score (nSPS) is 14.6. The largest absolute Gasteiger partial charge is 0.383 e. The van der Waals surface area contributed by atoms with E-state index < -0.39 is 0 Å². The number of hydrogen-bond acceptors (Lipinski definition) is 2. The molecule has 0 amide bonds. The molecule has 0 radical (unpaired) electrons. The molecule has 0 saturated heterocycles. The highest BCUT2D eigenvalue weighted by molar-refractivity contribution is 5.59. The van der Waals surface area contributed by atoms with Gasteiger partial charge in [0, 0.05) is 25.9 Å². The van der Waals surface area contributed by atoms with Gasteiger partial charge in [-0.05, 0) is 30.5 Å². The average Bonchev–Trinajstić information content (AvgIpc) is 2.57. The Morgan fingerprint density at radius 1 is 1.43 bits per heavy atom. The summed E-state index contributed by atoms with van der Waals surface area (Å²) in [5.41, 5.74) is 4.22. The number of nitrogens with zero attached hydrogens (tertiary/aromatic N) is 1. The zero-order valence-electron chi connectivity index (χ0n) is 8.92. The second kappa shape index (κ2) is 4.01. The first-order valence-electron chi connectivity index (χ1n) is 5.14. The Balaban J connectivity index is 2.16. The monoisotopic (exact) mass is 191 g/mol. The molecule has 2 heteroatoms. The first kappa shape index (κ1) is 9.53. The lowest BCUT2D eigenvalue weighted by Gasteiger charge is -2.18.